The van der Waals surface area contributed by atoms with Gasteiger partial charge in [0.15, 0.2) is 6.39 Å². The van der Waals surface area contributed by atoms with E-state index in [1.807, 2.05) is 0 Å². The highest BCUT2D eigenvalue weighted by Gasteiger charge is 2.25. The molecule has 1 N–H and O–H groups in total. The van der Waals surface area contributed by atoms with Crippen LogP contribution < -0.4 is 5.32 Å². The van der Waals surface area contributed by atoms with Gasteiger partial charge in [0.05, 0.1) is 5.69 Å². The summed E-state index contributed by atoms with van der Waals surface area (Å²) in [5, 5.41) is 2.91. The Balaban J connectivity index is 1.68. The van der Waals surface area contributed by atoms with Crippen LogP contribution in [0.4, 0.5) is 0 Å². The molecule has 1 aliphatic heterocycles. The fraction of sp³-hybridized carbons (Fsp3) is 0.615. The summed E-state index contributed by atoms with van der Waals surface area (Å²) in [6.45, 7) is 3.49. The first kappa shape index (κ1) is 13.6. The Hall–Kier alpha value is -1.85. The number of carbonyl (C=O) groups is 2. The van der Waals surface area contributed by atoms with Crippen molar-refractivity contribution in [2.75, 3.05) is 19.6 Å². The van der Waals surface area contributed by atoms with Gasteiger partial charge in [-0.05, 0) is 12.8 Å². The molecule has 1 aromatic rings. The summed E-state index contributed by atoms with van der Waals surface area (Å²) in [5.41, 5.74) is 0.840. The van der Waals surface area contributed by atoms with Crippen LogP contribution in [0.1, 0.15) is 25.5 Å². The minimum atomic E-state index is 0.0212. The Labute approximate surface area is 112 Å². The molecular formula is C13H19N3O3. The lowest BCUT2D eigenvalue weighted by atomic mass is 9.96. The van der Waals surface area contributed by atoms with Crippen LogP contribution in [-0.2, 0) is 16.0 Å². The highest BCUT2D eigenvalue weighted by molar-refractivity contribution is 5.79. The Morgan fingerprint density at radius 1 is 1.47 bits per heavy atom. The maximum absolute atomic E-state index is 11.9. The summed E-state index contributed by atoms with van der Waals surface area (Å²) >= 11 is 0. The topological polar surface area (TPSA) is 75.4 Å². The third-order valence-electron chi connectivity index (χ3n) is 3.47. The first-order valence-electron chi connectivity index (χ1n) is 6.57. The number of aromatic nitrogens is 1. The number of nitrogens with one attached hydrogen (secondary N) is 1. The van der Waals surface area contributed by atoms with Crippen molar-refractivity contribution < 1.29 is 14.0 Å². The molecule has 0 spiro atoms. The second kappa shape index (κ2) is 6.36. The van der Waals surface area contributed by atoms with Gasteiger partial charge in [0.25, 0.3) is 0 Å². The number of hydrogen-bond donors (Lipinski definition) is 1. The predicted molar refractivity (Wildman–Crippen MR) is 68.2 cm³/mol. The smallest absolute Gasteiger partial charge is 0.223 e. The van der Waals surface area contributed by atoms with E-state index in [1.165, 1.54) is 6.39 Å². The number of oxazole rings is 1. The first-order chi connectivity index (χ1) is 9.16. The standard InChI is InChI=1S/C13H19N3O3/c1-10(17)16-6-3-11(4-7-16)13(18)14-5-2-12-8-19-9-15-12/h8-9,11H,2-7H2,1H3,(H,14,18). The molecular weight excluding hydrogens is 246 g/mol. The van der Waals surface area contributed by atoms with Gasteiger partial charge in [-0.1, -0.05) is 0 Å². The van der Waals surface area contributed by atoms with E-state index in [9.17, 15) is 9.59 Å². The van der Waals surface area contributed by atoms with E-state index in [4.69, 9.17) is 4.42 Å². The van der Waals surface area contributed by atoms with Crippen LogP contribution >= 0.6 is 0 Å². The molecule has 1 aliphatic rings. The lowest BCUT2D eigenvalue weighted by Gasteiger charge is -2.30. The van der Waals surface area contributed by atoms with E-state index >= 15 is 0 Å². The molecule has 19 heavy (non-hydrogen) atoms. The van der Waals surface area contributed by atoms with Crippen molar-refractivity contribution in [1.29, 1.82) is 0 Å². The number of hydrogen-bond acceptors (Lipinski definition) is 4. The maximum Gasteiger partial charge on any atom is 0.223 e. The molecule has 0 unspecified atom stereocenters. The van der Waals surface area contributed by atoms with Gasteiger partial charge in [0.2, 0.25) is 11.8 Å². The molecule has 2 heterocycles. The number of amides is 2. The van der Waals surface area contributed by atoms with Crippen LogP contribution in [0.15, 0.2) is 17.1 Å². The normalized spacial score (nSPS) is 16.4. The molecule has 0 bridgehead atoms. The van der Waals surface area contributed by atoms with Crippen LogP contribution in [0, 0.1) is 5.92 Å². The quantitative estimate of drug-likeness (QED) is 0.864. The Bertz CT molecular complexity index is 422. The van der Waals surface area contributed by atoms with Crippen molar-refractivity contribution in [3.05, 3.63) is 18.4 Å². The molecule has 6 heteroatoms. The molecule has 0 saturated carbocycles. The lowest BCUT2D eigenvalue weighted by molar-refractivity contribution is -0.133. The van der Waals surface area contributed by atoms with Crippen LogP contribution in [0.2, 0.25) is 0 Å². The third-order valence-corrected chi connectivity index (χ3v) is 3.47. The molecule has 1 fully saturated rings. The molecule has 0 radical (unpaired) electrons. The van der Waals surface area contributed by atoms with E-state index < -0.39 is 0 Å². The number of rotatable bonds is 4. The van der Waals surface area contributed by atoms with Crippen LogP contribution in [-0.4, -0.2) is 41.3 Å². The van der Waals surface area contributed by atoms with Crippen LogP contribution in [0.3, 0.4) is 0 Å². The molecule has 0 aromatic carbocycles. The van der Waals surface area contributed by atoms with Crippen molar-refractivity contribution in [2.45, 2.75) is 26.2 Å². The van der Waals surface area contributed by atoms with Gasteiger partial charge in [-0.25, -0.2) is 4.98 Å². The fourth-order valence-electron chi connectivity index (χ4n) is 2.28. The third kappa shape index (κ3) is 3.81. The Morgan fingerprint density at radius 3 is 2.79 bits per heavy atom. The summed E-state index contributed by atoms with van der Waals surface area (Å²) in [6.07, 6.45) is 5.13. The van der Waals surface area contributed by atoms with E-state index in [0.717, 1.165) is 18.5 Å². The minimum absolute atomic E-state index is 0.0212. The van der Waals surface area contributed by atoms with E-state index in [1.54, 1.807) is 18.1 Å². The highest BCUT2D eigenvalue weighted by atomic mass is 16.3. The highest BCUT2D eigenvalue weighted by Crippen LogP contribution is 2.17. The van der Waals surface area contributed by atoms with Crippen LogP contribution in [0.5, 0.6) is 0 Å². The van der Waals surface area contributed by atoms with E-state index in [-0.39, 0.29) is 17.7 Å². The van der Waals surface area contributed by atoms with Crippen molar-refractivity contribution >= 4 is 11.8 Å². The molecule has 0 atom stereocenters. The zero-order valence-corrected chi connectivity index (χ0v) is 11.1. The van der Waals surface area contributed by atoms with Gasteiger partial charge in [-0.3, -0.25) is 9.59 Å². The number of carbonyl (C=O) groups excluding carboxylic acids is 2. The second-order valence-electron chi connectivity index (χ2n) is 4.80. The van der Waals surface area contributed by atoms with Gasteiger partial charge >= 0.3 is 0 Å². The first-order valence-corrected chi connectivity index (χ1v) is 6.57. The number of piperidine rings is 1. The average molecular weight is 265 g/mol. The monoisotopic (exact) mass is 265 g/mol. The van der Waals surface area contributed by atoms with Gasteiger partial charge < -0.3 is 14.6 Å². The van der Waals surface area contributed by atoms with Crippen LogP contribution in [0.25, 0.3) is 0 Å². The minimum Gasteiger partial charge on any atom is -0.451 e. The van der Waals surface area contributed by atoms with Gasteiger partial charge in [0.1, 0.15) is 6.26 Å². The fourth-order valence-corrected chi connectivity index (χ4v) is 2.28. The molecule has 2 rings (SSSR count). The largest absolute Gasteiger partial charge is 0.451 e. The summed E-state index contributed by atoms with van der Waals surface area (Å²) in [7, 11) is 0. The molecule has 1 aromatic heterocycles. The molecule has 104 valence electrons. The molecule has 0 aliphatic carbocycles. The average Bonchev–Trinajstić information content (AvgIpc) is 2.92. The zero-order valence-electron chi connectivity index (χ0n) is 11.1. The zero-order chi connectivity index (χ0) is 13.7. The summed E-state index contributed by atoms with van der Waals surface area (Å²) in [5.74, 6) is 0.185. The van der Waals surface area contributed by atoms with E-state index in [2.05, 4.69) is 10.3 Å². The SMILES string of the molecule is CC(=O)N1CCC(C(=O)NCCc2cocn2)CC1. The molecule has 6 nitrogen and oxygen atoms in total. The van der Waals surface area contributed by atoms with Gasteiger partial charge in [-0.15, -0.1) is 0 Å². The summed E-state index contributed by atoms with van der Waals surface area (Å²) in [6, 6.07) is 0. The summed E-state index contributed by atoms with van der Waals surface area (Å²) in [4.78, 5) is 28.9. The van der Waals surface area contributed by atoms with Gasteiger partial charge in [0, 0.05) is 38.9 Å². The second-order valence-corrected chi connectivity index (χ2v) is 4.80. The van der Waals surface area contributed by atoms with Crippen molar-refractivity contribution in [3.8, 4) is 0 Å². The maximum atomic E-state index is 11.9. The van der Waals surface area contributed by atoms with Gasteiger partial charge in [-0.2, -0.15) is 0 Å². The number of nitrogens with zero attached hydrogens (tertiary/aromatic N) is 2. The van der Waals surface area contributed by atoms with Crippen molar-refractivity contribution in [1.82, 2.24) is 15.2 Å². The Kier molecular flexibility index (Phi) is 4.54. The lowest BCUT2D eigenvalue weighted by Crippen LogP contribution is -2.42. The summed E-state index contributed by atoms with van der Waals surface area (Å²) < 4.78 is 4.86. The molecule has 2 amide bonds. The van der Waals surface area contributed by atoms with Crippen molar-refractivity contribution in [3.63, 3.8) is 0 Å². The number of likely N-dealkylation sites (tertiary alicyclic amines) is 1. The molecule has 1 saturated heterocycles. The predicted octanol–water partition coefficient (Wildman–Crippen LogP) is 0.592. The van der Waals surface area contributed by atoms with E-state index in [0.29, 0.717) is 26.1 Å². The van der Waals surface area contributed by atoms with Crippen molar-refractivity contribution in [2.24, 2.45) is 5.92 Å². The Morgan fingerprint density at radius 2 is 2.21 bits per heavy atom.